The van der Waals surface area contributed by atoms with E-state index in [1.54, 1.807) is 17.0 Å². The second-order valence-corrected chi connectivity index (χ2v) is 12.3. The zero-order valence-corrected chi connectivity index (χ0v) is 24.7. The highest BCUT2D eigenvalue weighted by atomic mass is 32.2. The molecule has 13 heteroatoms. The maximum absolute atomic E-state index is 13.8. The molecule has 224 valence electrons. The van der Waals surface area contributed by atoms with Crippen LogP contribution in [0.25, 0.3) is 0 Å². The summed E-state index contributed by atoms with van der Waals surface area (Å²) < 4.78 is 44.5. The van der Waals surface area contributed by atoms with Gasteiger partial charge in [-0.2, -0.15) is 0 Å². The molecule has 4 rings (SSSR count). The van der Waals surface area contributed by atoms with Crippen LogP contribution in [0.1, 0.15) is 37.7 Å². The second-order valence-electron chi connectivity index (χ2n) is 10.5. The molecule has 12 nitrogen and oxygen atoms in total. The molecule has 1 fully saturated rings. The number of fused-ring (bicyclic) bond motifs is 1. The van der Waals surface area contributed by atoms with E-state index in [0.29, 0.717) is 29.4 Å². The second kappa shape index (κ2) is 13.0. The Hall–Kier alpha value is -3.42. The number of benzene rings is 1. The van der Waals surface area contributed by atoms with Gasteiger partial charge in [-0.1, -0.05) is 13.3 Å². The number of aromatic nitrogens is 1. The van der Waals surface area contributed by atoms with Crippen molar-refractivity contribution in [2.24, 2.45) is 13.0 Å². The molecule has 2 N–H and O–H groups in total. The van der Waals surface area contributed by atoms with Crippen LogP contribution in [0.3, 0.4) is 0 Å². The SMILES string of the molecule is CCCCN(C(=O)CN1C[C@H](c2cc(OC)c3c(c2)OCO3)C(C(=O)O)[C@@H]1CCNS(C)(=O)=O)c1ccc[n+](C)c1. The topological polar surface area (TPSA) is 139 Å². The minimum Gasteiger partial charge on any atom is -0.493 e. The number of methoxy groups -OCH3 is 1. The van der Waals surface area contributed by atoms with Crippen LogP contribution in [-0.2, 0) is 26.7 Å². The van der Waals surface area contributed by atoms with Crippen molar-refractivity contribution in [1.29, 1.82) is 0 Å². The lowest BCUT2D eigenvalue weighted by Gasteiger charge is -2.29. The van der Waals surface area contributed by atoms with Crippen LogP contribution in [0, 0.1) is 5.92 Å². The van der Waals surface area contributed by atoms with E-state index >= 15 is 0 Å². The monoisotopic (exact) mass is 591 g/mol. The molecule has 2 aliphatic heterocycles. The van der Waals surface area contributed by atoms with Gasteiger partial charge < -0.3 is 24.2 Å². The predicted octanol–water partition coefficient (Wildman–Crippen LogP) is 1.49. The van der Waals surface area contributed by atoms with Crippen LogP contribution >= 0.6 is 0 Å². The molecule has 3 heterocycles. The Morgan fingerprint density at radius 1 is 1.29 bits per heavy atom. The van der Waals surface area contributed by atoms with Gasteiger partial charge in [0.15, 0.2) is 23.9 Å². The number of nitrogens with one attached hydrogen (secondary N) is 1. The van der Waals surface area contributed by atoms with Crippen molar-refractivity contribution < 1.29 is 41.9 Å². The first kappa shape index (κ1) is 30.5. The third kappa shape index (κ3) is 7.27. The Balaban J connectivity index is 1.67. The average Bonchev–Trinajstić information content (AvgIpc) is 3.52. The highest BCUT2D eigenvalue weighted by Gasteiger charge is 2.47. The third-order valence-corrected chi connectivity index (χ3v) is 8.29. The molecule has 1 saturated heterocycles. The van der Waals surface area contributed by atoms with Crippen molar-refractivity contribution in [3.05, 3.63) is 42.2 Å². The number of hydrogen-bond acceptors (Lipinski definition) is 8. The number of rotatable bonds is 13. The number of ether oxygens (including phenoxy) is 3. The minimum atomic E-state index is -3.48. The van der Waals surface area contributed by atoms with Gasteiger partial charge in [-0.25, -0.2) is 17.7 Å². The molecular weight excluding hydrogens is 552 g/mol. The normalized spacial score (nSPS) is 20.2. The van der Waals surface area contributed by atoms with Crippen molar-refractivity contribution in [2.45, 2.75) is 38.1 Å². The number of carbonyl (C=O) groups is 2. The molecule has 2 aliphatic rings. The number of amides is 1. The van der Waals surface area contributed by atoms with Crippen LogP contribution in [0.4, 0.5) is 5.69 Å². The third-order valence-electron chi connectivity index (χ3n) is 7.56. The van der Waals surface area contributed by atoms with E-state index in [0.717, 1.165) is 24.8 Å². The number of sulfonamides is 1. The highest BCUT2D eigenvalue weighted by Crippen LogP contribution is 2.47. The van der Waals surface area contributed by atoms with Crippen LogP contribution in [0.5, 0.6) is 17.2 Å². The first-order valence-electron chi connectivity index (χ1n) is 13.7. The Morgan fingerprint density at radius 2 is 2.07 bits per heavy atom. The molecular formula is C28H39N4O8S+. The van der Waals surface area contributed by atoms with Crippen molar-refractivity contribution in [2.75, 3.05) is 51.2 Å². The van der Waals surface area contributed by atoms with Gasteiger partial charge >= 0.3 is 5.97 Å². The molecule has 0 spiro atoms. The van der Waals surface area contributed by atoms with Gasteiger partial charge in [0.05, 0.1) is 25.8 Å². The van der Waals surface area contributed by atoms with Crippen LogP contribution in [0.2, 0.25) is 0 Å². The smallest absolute Gasteiger partial charge is 0.308 e. The molecule has 41 heavy (non-hydrogen) atoms. The molecule has 1 amide bonds. The molecule has 0 radical (unpaired) electrons. The molecule has 1 aromatic carbocycles. The summed E-state index contributed by atoms with van der Waals surface area (Å²) in [5.74, 6) is -1.23. The lowest BCUT2D eigenvalue weighted by molar-refractivity contribution is -0.670. The maximum atomic E-state index is 13.8. The molecule has 3 atom stereocenters. The zero-order chi connectivity index (χ0) is 29.7. The summed E-state index contributed by atoms with van der Waals surface area (Å²) in [5.41, 5.74) is 1.45. The van der Waals surface area contributed by atoms with Gasteiger partial charge in [-0.3, -0.25) is 14.5 Å². The van der Waals surface area contributed by atoms with E-state index in [1.807, 2.05) is 41.0 Å². The van der Waals surface area contributed by atoms with Crippen molar-refractivity contribution in [3.8, 4) is 17.2 Å². The van der Waals surface area contributed by atoms with E-state index in [4.69, 9.17) is 14.2 Å². The summed E-state index contributed by atoms with van der Waals surface area (Å²) in [4.78, 5) is 30.2. The van der Waals surface area contributed by atoms with Gasteiger partial charge in [0.25, 0.3) is 0 Å². The Labute approximate surface area is 240 Å². The summed E-state index contributed by atoms with van der Waals surface area (Å²) in [6.45, 7) is 2.92. The highest BCUT2D eigenvalue weighted by molar-refractivity contribution is 7.88. The van der Waals surface area contributed by atoms with Crippen molar-refractivity contribution in [3.63, 3.8) is 0 Å². The average molecular weight is 592 g/mol. The summed E-state index contributed by atoms with van der Waals surface area (Å²) >= 11 is 0. The largest absolute Gasteiger partial charge is 0.493 e. The number of anilines is 1. The number of carboxylic acid groups (broad SMARTS) is 1. The number of unbranched alkanes of at least 4 members (excludes halogenated alkanes) is 1. The van der Waals surface area contributed by atoms with E-state index in [-0.39, 0.29) is 38.8 Å². The summed E-state index contributed by atoms with van der Waals surface area (Å²) in [7, 11) is -0.0885. The van der Waals surface area contributed by atoms with Gasteiger partial charge in [-0.05, 0) is 36.6 Å². The fraction of sp³-hybridized carbons (Fsp3) is 0.536. The van der Waals surface area contributed by atoms with E-state index in [1.165, 1.54) is 7.11 Å². The maximum Gasteiger partial charge on any atom is 0.308 e. The summed E-state index contributed by atoms with van der Waals surface area (Å²) in [6, 6.07) is 6.67. The Bertz CT molecular complexity index is 1370. The minimum absolute atomic E-state index is 0.0200. The standard InChI is InChI=1S/C28H38N4O8S/c1-5-6-12-32(20-8-7-11-30(2)15-20)25(33)17-31-16-21(19-13-23(38-3)27-24(14-19)39-18-40-27)26(28(34)35)22(31)9-10-29-41(4,36)37/h7-8,11,13-15,21-22,26,29H,5-6,9-10,12,16-18H2,1-4H3/p+1/t21-,22+,26?/m1/s1. The quantitative estimate of drug-likeness (QED) is 0.332. The van der Waals surface area contributed by atoms with Crippen LogP contribution in [0.15, 0.2) is 36.7 Å². The van der Waals surface area contributed by atoms with Crippen LogP contribution < -0.4 is 28.4 Å². The van der Waals surface area contributed by atoms with Gasteiger partial charge in [0, 0.05) is 37.7 Å². The number of carboxylic acids is 1. The number of likely N-dealkylation sites (tertiary alicyclic amines) is 1. The van der Waals surface area contributed by atoms with E-state index in [9.17, 15) is 23.1 Å². The molecule has 2 aromatic rings. The van der Waals surface area contributed by atoms with E-state index < -0.39 is 33.9 Å². The van der Waals surface area contributed by atoms with Gasteiger partial charge in [-0.15, -0.1) is 0 Å². The molecule has 0 saturated carbocycles. The van der Waals surface area contributed by atoms with Gasteiger partial charge in [0.2, 0.25) is 28.5 Å². The first-order chi connectivity index (χ1) is 19.5. The molecule has 0 aliphatic carbocycles. The number of aliphatic carboxylic acids is 1. The Morgan fingerprint density at radius 3 is 2.73 bits per heavy atom. The lowest BCUT2D eigenvalue weighted by Crippen LogP contribution is -2.46. The number of aryl methyl sites for hydroxylation is 1. The fourth-order valence-corrected chi connectivity index (χ4v) is 6.14. The fourth-order valence-electron chi connectivity index (χ4n) is 5.65. The van der Waals surface area contributed by atoms with E-state index in [2.05, 4.69) is 11.6 Å². The number of pyridine rings is 1. The molecule has 0 bridgehead atoms. The van der Waals surface area contributed by atoms with Crippen molar-refractivity contribution in [1.82, 2.24) is 9.62 Å². The summed E-state index contributed by atoms with van der Waals surface area (Å²) in [6.07, 6.45) is 6.76. The number of carbonyl (C=O) groups excluding carboxylic acids is 1. The lowest BCUT2D eigenvalue weighted by atomic mass is 9.84. The predicted molar refractivity (Wildman–Crippen MR) is 151 cm³/mol. The van der Waals surface area contributed by atoms with Crippen molar-refractivity contribution >= 4 is 27.6 Å². The number of nitrogens with zero attached hydrogens (tertiary/aromatic N) is 3. The molecule has 1 unspecified atom stereocenters. The number of hydrogen-bond donors (Lipinski definition) is 2. The first-order valence-corrected chi connectivity index (χ1v) is 15.6. The molecule has 1 aromatic heterocycles. The summed E-state index contributed by atoms with van der Waals surface area (Å²) in [5, 5.41) is 10.4. The zero-order valence-electron chi connectivity index (χ0n) is 23.9. The van der Waals surface area contributed by atoms with Crippen LogP contribution in [-0.4, -0.2) is 82.7 Å². The van der Waals surface area contributed by atoms with Gasteiger partial charge in [0.1, 0.15) is 12.7 Å². The Kier molecular flexibility index (Phi) is 9.72.